The van der Waals surface area contributed by atoms with E-state index in [0.717, 1.165) is 20.9 Å². The Morgan fingerprint density at radius 1 is 1.22 bits per heavy atom. The number of aromatic nitrogens is 4. The molecule has 4 aromatic rings. The van der Waals surface area contributed by atoms with Gasteiger partial charge in [-0.25, -0.2) is 4.98 Å². The lowest BCUT2D eigenvalue weighted by molar-refractivity contribution is -0.118. The van der Waals surface area contributed by atoms with E-state index in [1.807, 2.05) is 42.5 Å². The maximum Gasteiger partial charge on any atom is 0.230 e. The first kappa shape index (κ1) is 18.0. The van der Waals surface area contributed by atoms with Crippen LogP contribution in [0.5, 0.6) is 0 Å². The Kier molecular flexibility index (Phi) is 5.38. The van der Waals surface area contributed by atoms with Gasteiger partial charge in [-0.1, -0.05) is 41.6 Å². The van der Waals surface area contributed by atoms with Crippen molar-refractivity contribution in [2.75, 3.05) is 5.75 Å². The van der Waals surface area contributed by atoms with Crippen LogP contribution >= 0.6 is 34.7 Å². The summed E-state index contributed by atoms with van der Waals surface area (Å²) >= 11 is 8.94. The number of thiazole rings is 1. The van der Waals surface area contributed by atoms with E-state index in [4.69, 9.17) is 11.6 Å². The molecular weight excluding hydrogens is 402 g/mol. The first-order valence-electron chi connectivity index (χ1n) is 8.09. The predicted octanol–water partition coefficient (Wildman–Crippen LogP) is 3.94. The number of nitrogens with one attached hydrogen (secondary N) is 1. The molecule has 0 aliphatic carbocycles. The largest absolute Gasteiger partial charge is 0.349 e. The van der Waals surface area contributed by atoms with E-state index in [0.29, 0.717) is 16.7 Å². The third-order valence-electron chi connectivity index (χ3n) is 3.71. The van der Waals surface area contributed by atoms with Gasteiger partial charge in [0.15, 0.2) is 5.16 Å². The molecule has 2 aromatic carbocycles. The molecule has 0 spiro atoms. The second-order valence-electron chi connectivity index (χ2n) is 5.60. The van der Waals surface area contributed by atoms with E-state index in [1.54, 1.807) is 28.3 Å². The molecule has 0 aliphatic heterocycles. The standard InChI is InChI=1S/C18H14ClN5OS2/c19-12-4-3-5-13(8-12)24-11-21-23-18(24)26-10-16(25)20-9-17-22-14-6-1-2-7-15(14)27-17/h1-8,11H,9-10H2,(H,20,25). The number of carbonyl (C=O) groups excluding carboxylic acids is 1. The van der Waals surface area contributed by atoms with Gasteiger partial charge in [0, 0.05) is 5.02 Å². The minimum Gasteiger partial charge on any atom is -0.349 e. The van der Waals surface area contributed by atoms with Gasteiger partial charge in [0.25, 0.3) is 0 Å². The number of nitrogens with zero attached hydrogens (tertiary/aromatic N) is 4. The number of carbonyl (C=O) groups is 1. The third kappa shape index (κ3) is 4.29. The minimum atomic E-state index is -0.0834. The predicted molar refractivity (Wildman–Crippen MR) is 109 cm³/mol. The Bertz CT molecular complexity index is 1060. The van der Waals surface area contributed by atoms with Gasteiger partial charge in [0.2, 0.25) is 5.91 Å². The second kappa shape index (κ2) is 8.08. The Morgan fingerprint density at radius 3 is 2.96 bits per heavy atom. The molecule has 0 saturated carbocycles. The topological polar surface area (TPSA) is 72.7 Å². The molecule has 0 radical (unpaired) electrons. The molecule has 1 N–H and O–H groups in total. The highest BCUT2D eigenvalue weighted by molar-refractivity contribution is 7.99. The lowest BCUT2D eigenvalue weighted by atomic mass is 10.3. The van der Waals surface area contributed by atoms with Crippen molar-refractivity contribution in [1.29, 1.82) is 0 Å². The number of amides is 1. The number of hydrogen-bond donors (Lipinski definition) is 1. The van der Waals surface area contributed by atoms with Gasteiger partial charge in [0.05, 0.1) is 28.2 Å². The summed E-state index contributed by atoms with van der Waals surface area (Å²) in [6.45, 7) is 0.416. The van der Waals surface area contributed by atoms with Crippen LogP contribution in [-0.2, 0) is 11.3 Å². The van der Waals surface area contributed by atoms with Gasteiger partial charge in [0.1, 0.15) is 11.3 Å². The van der Waals surface area contributed by atoms with Gasteiger partial charge >= 0.3 is 0 Å². The van der Waals surface area contributed by atoms with Gasteiger partial charge in [-0.2, -0.15) is 0 Å². The second-order valence-corrected chi connectivity index (χ2v) is 8.10. The molecular formula is C18H14ClN5OS2. The first-order valence-corrected chi connectivity index (χ1v) is 10.3. The van der Waals surface area contributed by atoms with Crippen LogP contribution < -0.4 is 5.32 Å². The number of rotatable bonds is 6. The molecule has 6 nitrogen and oxygen atoms in total. The summed E-state index contributed by atoms with van der Waals surface area (Å²) in [4.78, 5) is 16.7. The Balaban J connectivity index is 1.35. The molecule has 0 bridgehead atoms. The van der Waals surface area contributed by atoms with E-state index in [2.05, 4.69) is 20.5 Å². The van der Waals surface area contributed by atoms with Crippen molar-refractivity contribution in [3.63, 3.8) is 0 Å². The Labute approximate surface area is 168 Å². The fourth-order valence-corrected chi connectivity index (χ4v) is 4.33. The smallest absolute Gasteiger partial charge is 0.230 e. The van der Waals surface area contributed by atoms with Crippen molar-refractivity contribution in [2.24, 2.45) is 0 Å². The number of fused-ring (bicyclic) bond motifs is 1. The van der Waals surface area contributed by atoms with Crippen LogP contribution in [0.4, 0.5) is 0 Å². The van der Waals surface area contributed by atoms with E-state index in [-0.39, 0.29) is 11.7 Å². The lowest BCUT2D eigenvalue weighted by Crippen LogP contribution is -2.24. The van der Waals surface area contributed by atoms with Crippen molar-refractivity contribution in [3.8, 4) is 5.69 Å². The zero-order valence-electron chi connectivity index (χ0n) is 14.0. The summed E-state index contributed by atoms with van der Waals surface area (Å²) in [6.07, 6.45) is 1.60. The molecule has 0 unspecified atom stereocenters. The normalized spacial score (nSPS) is 11.0. The van der Waals surface area contributed by atoms with Crippen molar-refractivity contribution >= 4 is 50.8 Å². The molecule has 2 aromatic heterocycles. The monoisotopic (exact) mass is 415 g/mol. The molecule has 1 amide bonds. The molecule has 9 heteroatoms. The van der Waals surface area contributed by atoms with E-state index in [1.165, 1.54) is 11.8 Å². The molecule has 4 rings (SSSR count). The van der Waals surface area contributed by atoms with Crippen LogP contribution in [0.25, 0.3) is 15.9 Å². The van der Waals surface area contributed by atoms with E-state index in [9.17, 15) is 4.79 Å². The quantitative estimate of drug-likeness (QED) is 0.483. The molecule has 27 heavy (non-hydrogen) atoms. The zero-order chi connectivity index (χ0) is 18.6. The van der Waals surface area contributed by atoms with Crippen LogP contribution in [0.3, 0.4) is 0 Å². The number of para-hydroxylation sites is 1. The number of benzene rings is 2. The molecule has 136 valence electrons. The molecule has 2 heterocycles. The third-order valence-corrected chi connectivity index (χ3v) is 5.92. The Hall–Kier alpha value is -2.42. The van der Waals surface area contributed by atoms with Crippen LogP contribution in [-0.4, -0.2) is 31.4 Å². The average Bonchev–Trinajstić information content (AvgIpc) is 3.31. The number of hydrogen-bond acceptors (Lipinski definition) is 6. The number of thioether (sulfide) groups is 1. The summed E-state index contributed by atoms with van der Waals surface area (Å²) in [7, 11) is 0. The fraction of sp³-hybridized carbons (Fsp3) is 0.111. The van der Waals surface area contributed by atoms with E-state index < -0.39 is 0 Å². The summed E-state index contributed by atoms with van der Waals surface area (Å²) in [5, 5.41) is 13.1. The van der Waals surface area contributed by atoms with Crippen molar-refractivity contribution < 1.29 is 4.79 Å². The molecule has 0 aliphatic rings. The van der Waals surface area contributed by atoms with Crippen LogP contribution in [0.2, 0.25) is 5.02 Å². The molecule has 0 atom stereocenters. The SMILES string of the molecule is O=C(CSc1nncn1-c1cccc(Cl)c1)NCc1nc2ccccc2s1. The minimum absolute atomic E-state index is 0.0834. The zero-order valence-corrected chi connectivity index (χ0v) is 16.4. The van der Waals surface area contributed by atoms with Crippen LogP contribution in [0.1, 0.15) is 5.01 Å². The summed E-state index contributed by atoms with van der Waals surface area (Å²) in [6, 6.07) is 15.3. The summed E-state index contributed by atoms with van der Waals surface area (Å²) in [5.41, 5.74) is 1.81. The maximum atomic E-state index is 12.2. The summed E-state index contributed by atoms with van der Waals surface area (Å²) < 4.78 is 2.92. The van der Waals surface area contributed by atoms with Crippen molar-refractivity contribution in [3.05, 3.63) is 64.9 Å². The molecule has 0 saturated heterocycles. The van der Waals surface area contributed by atoms with Gasteiger partial charge in [-0.05, 0) is 30.3 Å². The van der Waals surface area contributed by atoms with Crippen LogP contribution in [0.15, 0.2) is 60.0 Å². The fourth-order valence-electron chi connectivity index (χ4n) is 2.48. The molecule has 0 fully saturated rings. The summed E-state index contributed by atoms with van der Waals surface area (Å²) in [5.74, 6) is 0.157. The van der Waals surface area contributed by atoms with Gasteiger partial charge in [-0.15, -0.1) is 21.5 Å². The van der Waals surface area contributed by atoms with Crippen LogP contribution in [0, 0.1) is 0 Å². The highest BCUT2D eigenvalue weighted by atomic mass is 35.5. The van der Waals surface area contributed by atoms with Gasteiger partial charge < -0.3 is 5.32 Å². The highest BCUT2D eigenvalue weighted by Gasteiger charge is 2.11. The lowest BCUT2D eigenvalue weighted by Gasteiger charge is -2.06. The number of halogens is 1. The van der Waals surface area contributed by atoms with Gasteiger partial charge in [-0.3, -0.25) is 9.36 Å². The van der Waals surface area contributed by atoms with E-state index >= 15 is 0 Å². The average molecular weight is 416 g/mol. The first-order chi connectivity index (χ1) is 13.2. The van der Waals surface area contributed by atoms with Crippen molar-refractivity contribution in [1.82, 2.24) is 25.1 Å². The van der Waals surface area contributed by atoms with Crippen molar-refractivity contribution in [2.45, 2.75) is 11.7 Å². The maximum absolute atomic E-state index is 12.2. The Morgan fingerprint density at radius 2 is 2.11 bits per heavy atom. The highest BCUT2D eigenvalue weighted by Crippen LogP contribution is 2.23.